The number of rotatable bonds is 1. The summed E-state index contributed by atoms with van der Waals surface area (Å²) in [7, 11) is 0. The van der Waals surface area contributed by atoms with Gasteiger partial charge >= 0.3 is 0 Å². The molecule has 0 bridgehead atoms. The van der Waals surface area contributed by atoms with Gasteiger partial charge in [0.2, 0.25) is 0 Å². The van der Waals surface area contributed by atoms with Gasteiger partial charge in [-0.1, -0.05) is 48.3 Å². The van der Waals surface area contributed by atoms with Crippen molar-refractivity contribution in [2.24, 2.45) is 0 Å². The molecule has 0 amide bonds. The van der Waals surface area contributed by atoms with Gasteiger partial charge in [-0.05, 0) is 36.1 Å². The van der Waals surface area contributed by atoms with Crippen LogP contribution in [0.25, 0.3) is 11.1 Å². The van der Waals surface area contributed by atoms with Crippen LogP contribution in [0.2, 0.25) is 0 Å². The number of hydrogen-bond donors (Lipinski definition) is 0. The standard InChI is InChI=1S/C14H14/c1-11-7-3-5-9-13(11)14-10-6-4-8-12(14)2/h3-10H,1-2H3/i3D,4D,5D,6D,7D,8D,9D,10D. The van der Waals surface area contributed by atoms with Gasteiger partial charge in [0.1, 0.15) is 0 Å². The van der Waals surface area contributed by atoms with Crippen LogP contribution >= 0.6 is 0 Å². The summed E-state index contributed by atoms with van der Waals surface area (Å²) in [6.45, 7) is 3.04. The Hall–Kier alpha value is -1.56. The van der Waals surface area contributed by atoms with E-state index in [-0.39, 0.29) is 58.5 Å². The second-order valence-electron chi connectivity index (χ2n) is 3.00. The molecular weight excluding hydrogens is 168 g/mol. The van der Waals surface area contributed by atoms with E-state index >= 15 is 0 Å². The van der Waals surface area contributed by atoms with Crippen LogP contribution < -0.4 is 0 Å². The zero-order valence-electron chi connectivity index (χ0n) is 16.0. The van der Waals surface area contributed by atoms with Crippen LogP contribution in [0.1, 0.15) is 22.1 Å². The Balaban J connectivity index is 3.03. The van der Waals surface area contributed by atoms with Crippen molar-refractivity contribution >= 4 is 0 Å². The predicted molar refractivity (Wildman–Crippen MR) is 61.4 cm³/mol. The molecule has 0 aliphatic heterocycles. The number of hydrogen-bond acceptors (Lipinski definition) is 0. The highest BCUT2D eigenvalue weighted by Gasteiger charge is 2.02. The van der Waals surface area contributed by atoms with Crippen molar-refractivity contribution in [3.05, 3.63) is 59.5 Å². The monoisotopic (exact) mass is 190 g/mol. The first-order chi connectivity index (χ1) is 10.1. The molecule has 0 saturated heterocycles. The predicted octanol–water partition coefficient (Wildman–Crippen LogP) is 3.97. The van der Waals surface area contributed by atoms with Crippen LogP contribution in [0.15, 0.2) is 48.3 Å². The summed E-state index contributed by atoms with van der Waals surface area (Å²) in [5.74, 6) is 0. The van der Waals surface area contributed by atoms with Crippen molar-refractivity contribution in [2.45, 2.75) is 13.8 Å². The summed E-state index contributed by atoms with van der Waals surface area (Å²) in [5.41, 5.74) is 0.768. The van der Waals surface area contributed by atoms with Gasteiger partial charge in [0.25, 0.3) is 0 Å². The Morgan fingerprint density at radius 1 is 0.714 bits per heavy atom. The van der Waals surface area contributed by atoms with Crippen molar-refractivity contribution < 1.29 is 11.0 Å². The second kappa shape index (κ2) is 3.67. The van der Waals surface area contributed by atoms with Crippen molar-refractivity contribution in [1.29, 1.82) is 0 Å². The van der Waals surface area contributed by atoms with Gasteiger partial charge < -0.3 is 0 Å². The summed E-state index contributed by atoms with van der Waals surface area (Å²) in [5, 5.41) is 0. The molecule has 2 rings (SSSR count). The van der Waals surface area contributed by atoms with Crippen LogP contribution in [0, 0.1) is 13.8 Å². The molecule has 2 aromatic carbocycles. The lowest BCUT2D eigenvalue weighted by Gasteiger charge is -2.08. The molecule has 14 heavy (non-hydrogen) atoms. The second-order valence-corrected chi connectivity index (χ2v) is 3.00. The minimum absolute atomic E-state index is 0.121. The number of benzene rings is 2. The van der Waals surface area contributed by atoms with E-state index in [1.807, 2.05) is 0 Å². The van der Waals surface area contributed by atoms with Gasteiger partial charge in [0.15, 0.2) is 0 Å². The minimum Gasteiger partial charge on any atom is -0.0620 e. The zero-order valence-corrected chi connectivity index (χ0v) is 8.00. The molecule has 0 fully saturated rings. The van der Waals surface area contributed by atoms with E-state index in [1.165, 1.54) is 13.8 Å². The van der Waals surface area contributed by atoms with Crippen LogP contribution in [-0.2, 0) is 0 Å². The van der Waals surface area contributed by atoms with Gasteiger partial charge in [-0.2, -0.15) is 0 Å². The van der Waals surface area contributed by atoms with Crippen molar-refractivity contribution in [1.82, 2.24) is 0 Å². The molecule has 0 N–H and O–H groups in total. The van der Waals surface area contributed by atoms with Gasteiger partial charge in [-0.25, -0.2) is 0 Å². The molecule has 0 atom stereocenters. The Morgan fingerprint density at radius 3 is 1.50 bits per heavy atom. The van der Waals surface area contributed by atoms with E-state index in [4.69, 9.17) is 11.0 Å². The highest BCUT2D eigenvalue weighted by atomic mass is 14.1. The Kier molecular flexibility index (Phi) is 0.928. The molecule has 0 heterocycles. The maximum absolute atomic E-state index is 8.06. The van der Waals surface area contributed by atoms with E-state index in [0.717, 1.165) is 0 Å². The van der Waals surface area contributed by atoms with Crippen LogP contribution in [0.4, 0.5) is 0 Å². The van der Waals surface area contributed by atoms with Gasteiger partial charge in [0, 0.05) is 0 Å². The largest absolute Gasteiger partial charge is 0.0629 e. The average molecular weight is 190 g/mol. The molecule has 0 heteroatoms. The normalized spacial score (nSPS) is 18.1. The summed E-state index contributed by atoms with van der Waals surface area (Å²) in [4.78, 5) is 0. The molecule has 70 valence electrons. The Bertz CT molecular complexity index is 669. The molecule has 0 nitrogen and oxygen atoms in total. The third-order valence-electron chi connectivity index (χ3n) is 2.00. The summed E-state index contributed by atoms with van der Waals surface area (Å²) >= 11 is 0. The lowest BCUT2D eigenvalue weighted by molar-refractivity contribution is 1.41. The quantitative estimate of drug-likeness (QED) is 0.638. The maximum Gasteiger partial charge on any atom is 0.0629 e. The van der Waals surface area contributed by atoms with Crippen LogP contribution in [0.5, 0.6) is 0 Å². The van der Waals surface area contributed by atoms with Crippen molar-refractivity contribution in [2.75, 3.05) is 0 Å². The van der Waals surface area contributed by atoms with Crippen LogP contribution in [0.3, 0.4) is 0 Å². The van der Waals surface area contributed by atoms with E-state index in [0.29, 0.717) is 0 Å². The SMILES string of the molecule is [2H]c1c([2H])c([2H])c(-c2c([2H])c([2H])c([2H])c([2H])c2C)c(C)c1[2H]. The summed E-state index contributed by atoms with van der Waals surface area (Å²) < 4.78 is 62.8. The summed E-state index contributed by atoms with van der Waals surface area (Å²) in [6.07, 6.45) is 0. The molecule has 0 aliphatic rings. The van der Waals surface area contributed by atoms with E-state index < -0.39 is 12.1 Å². The third kappa shape index (κ3) is 1.56. The highest BCUT2D eigenvalue weighted by Crippen LogP contribution is 2.25. The topological polar surface area (TPSA) is 0 Å². The molecule has 2 aromatic rings. The maximum atomic E-state index is 8.06. The van der Waals surface area contributed by atoms with Gasteiger partial charge in [0.05, 0.1) is 11.0 Å². The molecule has 0 aliphatic carbocycles. The summed E-state index contributed by atoms with van der Waals surface area (Å²) in [6, 6.07) is -2.56. The van der Waals surface area contributed by atoms with Gasteiger partial charge in [-0.15, -0.1) is 0 Å². The van der Waals surface area contributed by atoms with Crippen molar-refractivity contribution in [3.63, 3.8) is 0 Å². The Morgan fingerprint density at radius 2 is 1.07 bits per heavy atom. The van der Waals surface area contributed by atoms with Gasteiger partial charge in [-0.3, -0.25) is 0 Å². The first-order valence-corrected chi connectivity index (χ1v) is 4.25. The molecule has 0 aromatic heterocycles. The first-order valence-electron chi connectivity index (χ1n) is 8.25. The smallest absolute Gasteiger partial charge is 0.0620 e. The molecular formula is C14H14. The molecule has 0 saturated carbocycles. The fourth-order valence-corrected chi connectivity index (χ4v) is 1.25. The fourth-order valence-electron chi connectivity index (χ4n) is 1.25. The minimum atomic E-state index is -0.419. The lowest BCUT2D eigenvalue weighted by Crippen LogP contribution is -1.85. The first kappa shape index (κ1) is 3.54. The van der Waals surface area contributed by atoms with E-state index in [9.17, 15) is 0 Å². The van der Waals surface area contributed by atoms with E-state index in [2.05, 4.69) is 0 Å². The zero-order chi connectivity index (χ0) is 16.9. The highest BCUT2D eigenvalue weighted by molar-refractivity contribution is 5.70. The third-order valence-corrected chi connectivity index (χ3v) is 2.00. The molecule has 0 radical (unpaired) electrons. The average Bonchev–Trinajstić information content (AvgIpc) is 2.50. The van der Waals surface area contributed by atoms with Crippen LogP contribution in [-0.4, -0.2) is 0 Å². The Labute approximate surface area is 96.5 Å². The fraction of sp³-hybridized carbons (Fsp3) is 0.143. The van der Waals surface area contributed by atoms with E-state index in [1.54, 1.807) is 0 Å². The lowest BCUT2D eigenvalue weighted by atomic mass is 9.97. The van der Waals surface area contributed by atoms with Crippen molar-refractivity contribution in [3.8, 4) is 11.1 Å². The molecule has 0 spiro atoms. The molecule has 0 unspecified atom stereocenters.